The number of aromatic nitrogens is 1. The molecule has 0 saturated heterocycles. The Morgan fingerprint density at radius 2 is 0.778 bits per heavy atom. The van der Waals surface area contributed by atoms with Crippen LogP contribution >= 0.6 is 0 Å². The fourth-order valence-electron chi connectivity index (χ4n) is 7.74. The molecule has 0 aliphatic carbocycles. The van der Waals surface area contributed by atoms with E-state index in [1.165, 1.54) is 66.4 Å². The number of benzene rings is 8. The molecule has 0 saturated carbocycles. The molecule has 8 aromatic carbocycles. The lowest BCUT2D eigenvalue weighted by Gasteiger charge is -2.25. The van der Waals surface area contributed by atoms with E-state index in [9.17, 15) is 0 Å². The molecule has 0 spiro atoms. The summed E-state index contributed by atoms with van der Waals surface area (Å²) in [5, 5.41) is 2.52. The van der Waals surface area contributed by atoms with Crippen LogP contribution in [-0.4, -0.2) is 4.57 Å². The zero-order valence-corrected chi connectivity index (χ0v) is 30.7. The van der Waals surface area contributed by atoms with Gasteiger partial charge in [-0.3, -0.25) is 0 Å². The van der Waals surface area contributed by atoms with Gasteiger partial charge in [0.2, 0.25) is 0 Å². The van der Waals surface area contributed by atoms with E-state index in [0.717, 1.165) is 23.5 Å². The molecule has 54 heavy (non-hydrogen) atoms. The first-order valence-corrected chi connectivity index (χ1v) is 19.0. The maximum atomic E-state index is 2.40. The average Bonchev–Trinajstić information content (AvgIpc) is 3.58. The lowest BCUT2D eigenvalue weighted by atomic mass is 9.95. The summed E-state index contributed by atoms with van der Waals surface area (Å²) in [6.45, 7) is 4.55. The highest BCUT2D eigenvalue weighted by Gasteiger charge is 2.16. The van der Waals surface area contributed by atoms with Crippen LogP contribution in [0.25, 0.3) is 60.9 Å². The maximum absolute atomic E-state index is 2.40. The number of para-hydroxylation sites is 3. The van der Waals surface area contributed by atoms with Crippen LogP contribution in [0.4, 0.5) is 17.1 Å². The van der Waals surface area contributed by atoms with E-state index in [1.54, 1.807) is 0 Å². The van der Waals surface area contributed by atoms with Gasteiger partial charge < -0.3 is 9.47 Å². The van der Waals surface area contributed by atoms with Crippen LogP contribution in [0.2, 0.25) is 0 Å². The van der Waals surface area contributed by atoms with Gasteiger partial charge >= 0.3 is 0 Å². The molecule has 2 heteroatoms. The molecule has 1 aromatic heterocycles. The molecule has 0 bridgehead atoms. The lowest BCUT2D eigenvalue weighted by Crippen LogP contribution is -2.09. The number of hydrogen-bond donors (Lipinski definition) is 0. The number of nitrogens with zero attached hydrogens (tertiary/aromatic N) is 2. The van der Waals surface area contributed by atoms with Crippen molar-refractivity contribution in [3.8, 4) is 39.1 Å². The van der Waals surface area contributed by atoms with Gasteiger partial charge in [-0.2, -0.15) is 0 Å². The van der Waals surface area contributed by atoms with Gasteiger partial charge in [0.05, 0.1) is 11.0 Å². The van der Waals surface area contributed by atoms with Gasteiger partial charge in [0.25, 0.3) is 0 Å². The second kappa shape index (κ2) is 14.4. The standard InChI is InChI=1S/C52H42N2/c1-3-37(2)38-19-21-41(22-20-38)43-29-33-51-49(35-43)50-36-44(30-34-52(50)54(51)47-17-11-6-12-18-47)42-25-23-39(24-26-42)40-27-31-48(32-28-40)53(45-13-7-4-8-14-45)46-15-9-5-10-16-46/h4-37H,3H2,1-2H3. The minimum absolute atomic E-state index is 0.564. The van der Waals surface area contributed by atoms with Crippen molar-refractivity contribution >= 4 is 38.9 Å². The van der Waals surface area contributed by atoms with Crippen molar-refractivity contribution in [2.75, 3.05) is 4.90 Å². The third kappa shape index (κ3) is 6.27. The summed E-state index contributed by atoms with van der Waals surface area (Å²) in [6, 6.07) is 72.7. The Labute approximate surface area is 318 Å². The van der Waals surface area contributed by atoms with Crippen LogP contribution in [-0.2, 0) is 0 Å². The molecule has 1 atom stereocenters. The third-order valence-electron chi connectivity index (χ3n) is 10.9. The first-order valence-electron chi connectivity index (χ1n) is 19.0. The first kappa shape index (κ1) is 33.2. The second-order valence-electron chi connectivity index (χ2n) is 14.2. The van der Waals surface area contributed by atoms with E-state index >= 15 is 0 Å². The van der Waals surface area contributed by atoms with Crippen LogP contribution in [0.1, 0.15) is 31.7 Å². The van der Waals surface area contributed by atoms with Crippen LogP contribution in [0.15, 0.2) is 200 Å². The Morgan fingerprint density at radius 1 is 0.407 bits per heavy atom. The molecule has 1 heterocycles. The summed E-state index contributed by atoms with van der Waals surface area (Å²) < 4.78 is 2.40. The van der Waals surface area contributed by atoms with Gasteiger partial charge in [0, 0.05) is 33.5 Å². The van der Waals surface area contributed by atoms with Crippen molar-refractivity contribution in [1.82, 2.24) is 4.57 Å². The Hall–Kier alpha value is -6.64. The monoisotopic (exact) mass is 694 g/mol. The quantitative estimate of drug-likeness (QED) is 0.146. The topological polar surface area (TPSA) is 8.17 Å². The van der Waals surface area contributed by atoms with Crippen molar-refractivity contribution in [1.29, 1.82) is 0 Å². The van der Waals surface area contributed by atoms with Crippen molar-refractivity contribution < 1.29 is 0 Å². The number of rotatable bonds is 9. The number of anilines is 3. The fourth-order valence-corrected chi connectivity index (χ4v) is 7.74. The van der Waals surface area contributed by atoms with Crippen LogP contribution in [0, 0.1) is 0 Å². The van der Waals surface area contributed by atoms with Gasteiger partial charge in [-0.05, 0) is 124 Å². The molecule has 0 N–H and O–H groups in total. The van der Waals surface area contributed by atoms with Crippen LogP contribution in [0.5, 0.6) is 0 Å². The molecule has 1 unspecified atom stereocenters. The first-order chi connectivity index (χ1) is 26.6. The SMILES string of the molecule is CCC(C)c1ccc(-c2ccc3c(c2)c2cc(-c4ccc(-c5ccc(N(c6ccccc6)c6ccccc6)cc5)cc4)ccc2n3-c2ccccc2)cc1. The molecule has 0 aliphatic heterocycles. The minimum atomic E-state index is 0.564. The summed E-state index contributed by atoms with van der Waals surface area (Å²) in [7, 11) is 0. The van der Waals surface area contributed by atoms with Crippen LogP contribution in [0.3, 0.4) is 0 Å². The largest absolute Gasteiger partial charge is 0.311 e. The molecular formula is C52H42N2. The summed E-state index contributed by atoms with van der Waals surface area (Å²) >= 11 is 0. The Kier molecular flexibility index (Phi) is 8.86. The third-order valence-corrected chi connectivity index (χ3v) is 10.9. The normalized spacial score (nSPS) is 11.9. The fraction of sp³-hybridized carbons (Fsp3) is 0.0769. The van der Waals surface area contributed by atoms with E-state index in [4.69, 9.17) is 0 Å². The van der Waals surface area contributed by atoms with E-state index in [-0.39, 0.29) is 0 Å². The summed E-state index contributed by atoms with van der Waals surface area (Å²) in [5.74, 6) is 0.564. The van der Waals surface area contributed by atoms with Crippen molar-refractivity contribution in [3.63, 3.8) is 0 Å². The summed E-state index contributed by atoms with van der Waals surface area (Å²) in [5.41, 5.74) is 15.7. The molecule has 9 aromatic rings. The lowest BCUT2D eigenvalue weighted by molar-refractivity contribution is 0.734. The van der Waals surface area contributed by atoms with E-state index in [1.807, 2.05) is 0 Å². The second-order valence-corrected chi connectivity index (χ2v) is 14.2. The Morgan fingerprint density at radius 3 is 1.24 bits per heavy atom. The molecular weight excluding hydrogens is 653 g/mol. The van der Waals surface area contributed by atoms with E-state index in [0.29, 0.717) is 5.92 Å². The van der Waals surface area contributed by atoms with Gasteiger partial charge in [-0.15, -0.1) is 0 Å². The minimum Gasteiger partial charge on any atom is -0.311 e. The van der Waals surface area contributed by atoms with E-state index in [2.05, 4.69) is 224 Å². The summed E-state index contributed by atoms with van der Waals surface area (Å²) in [6.07, 6.45) is 1.14. The zero-order valence-electron chi connectivity index (χ0n) is 30.7. The molecule has 0 aliphatic rings. The zero-order chi connectivity index (χ0) is 36.4. The van der Waals surface area contributed by atoms with Crippen LogP contribution < -0.4 is 4.90 Å². The molecule has 9 rings (SSSR count). The number of hydrogen-bond acceptors (Lipinski definition) is 1. The van der Waals surface area contributed by atoms with Gasteiger partial charge in [0.1, 0.15) is 0 Å². The Bertz CT molecular complexity index is 2620. The molecule has 0 amide bonds. The predicted molar refractivity (Wildman–Crippen MR) is 230 cm³/mol. The highest BCUT2D eigenvalue weighted by atomic mass is 15.1. The van der Waals surface area contributed by atoms with Gasteiger partial charge in [-0.1, -0.05) is 141 Å². The summed E-state index contributed by atoms with van der Waals surface area (Å²) in [4.78, 5) is 2.30. The molecule has 0 radical (unpaired) electrons. The highest BCUT2D eigenvalue weighted by molar-refractivity contribution is 6.11. The van der Waals surface area contributed by atoms with Crippen molar-refractivity contribution in [2.45, 2.75) is 26.2 Å². The van der Waals surface area contributed by atoms with Crippen molar-refractivity contribution in [3.05, 3.63) is 206 Å². The van der Waals surface area contributed by atoms with Crippen molar-refractivity contribution in [2.24, 2.45) is 0 Å². The molecule has 0 fully saturated rings. The maximum Gasteiger partial charge on any atom is 0.0541 e. The molecule has 2 nitrogen and oxygen atoms in total. The smallest absolute Gasteiger partial charge is 0.0541 e. The van der Waals surface area contributed by atoms with E-state index < -0.39 is 0 Å². The predicted octanol–water partition coefficient (Wildman–Crippen LogP) is 14.8. The highest BCUT2D eigenvalue weighted by Crippen LogP contribution is 2.39. The molecule has 260 valence electrons. The van der Waals surface area contributed by atoms with Gasteiger partial charge in [-0.25, -0.2) is 0 Å². The number of fused-ring (bicyclic) bond motifs is 3. The Balaban J connectivity index is 1.06. The average molecular weight is 695 g/mol. The van der Waals surface area contributed by atoms with Gasteiger partial charge in [0.15, 0.2) is 0 Å².